The lowest BCUT2D eigenvalue weighted by Gasteiger charge is -2.33. The molecular weight excluding hydrogens is 176 g/mol. The third kappa shape index (κ3) is 3.95. The molecule has 1 unspecified atom stereocenters. The fraction of sp³-hybridized carbons (Fsp3) is 1.00. The van der Waals surface area contributed by atoms with Gasteiger partial charge in [0.2, 0.25) is 0 Å². The minimum absolute atomic E-state index is 0.591. The SMILES string of the molecule is CCNC(C)CN(C)C1CCOCC1. The highest BCUT2D eigenvalue weighted by Crippen LogP contribution is 2.12. The number of hydrogen-bond donors (Lipinski definition) is 1. The predicted octanol–water partition coefficient (Wildman–Crippen LogP) is 1.10. The Kier molecular flexibility index (Phi) is 5.45. The molecule has 1 saturated heterocycles. The van der Waals surface area contributed by atoms with E-state index in [1.165, 1.54) is 12.8 Å². The summed E-state index contributed by atoms with van der Waals surface area (Å²) in [7, 11) is 2.23. The van der Waals surface area contributed by atoms with Gasteiger partial charge < -0.3 is 15.0 Å². The summed E-state index contributed by atoms with van der Waals surface area (Å²) < 4.78 is 5.36. The van der Waals surface area contributed by atoms with Gasteiger partial charge in [0, 0.05) is 31.8 Å². The van der Waals surface area contributed by atoms with E-state index in [2.05, 4.69) is 31.1 Å². The molecule has 1 aliphatic rings. The first-order valence-corrected chi connectivity index (χ1v) is 5.75. The molecule has 14 heavy (non-hydrogen) atoms. The Morgan fingerprint density at radius 3 is 2.64 bits per heavy atom. The summed E-state index contributed by atoms with van der Waals surface area (Å²) in [5.41, 5.74) is 0. The van der Waals surface area contributed by atoms with Crippen LogP contribution in [0.15, 0.2) is 0 Å². The van der Waals surface area contributed by atoms with Crippen LogP contribution in [0.1, 0.15) is 26.7 Å². The summed E-state index contributed by atoms with van der Waals surface area (Å²) in [4.78, 5) is 2.47. The minimum atomic E-state index is 0.591. The molecule has 0 amide bonds. The van der Waals surface area contributed by atoms with Crippen molar-refractivity contribution in [1.82, 2.24) is 10.2 Å². The van der Waals surface area contributed by atoms with Crippen LogP contribution in [-0.2, 0) is 4.74 Å². The second-order valence-electron chi connectivity index (χ2n) is 4.24. The third-order valence-corrected chi connectivity index (χ3v) is 2.93. The Morgan fingerprint density at radius 1 is 1.43 bits per heavy atom. The number of nitrogens with zero attached hydrogens (tertiary/aromatic N) is 1. The Balaban J connectivity index is 2.21. The molecule has 0 aromatic rings. The molecule has 0 spiro atoms. The standard InChI is InChI=1S/C11H24N2O/c1-4-12-10(2)9-13(3)11-5-7-14-8-6-11/h10-12H,4-9H2,1-3H3. The van der Waals surface area contributed by atoms with Crippen LogP contribution in [0.4, 0.5) is 0 Å². The summed E-state index contributed by atoms with van der Waals surface area (Å²) in [5, 5.41) is 3.44. The first-order valence-electron chi connectivity index (χ1n) is 5.75. The number of likely N-dealkylation sites (N-methyl/N-ethyl adjacent to an activating group) is 2. The maximum absolute atomic E-state index is 5.36. The third-order valence-electron chi connectivity index (χ3n) is 2.93. The Labute approximate surface area is 87.8 Å². The smallest absolute Gasteiger partial charge is 0.0480 e. The quantitative estimate of drug-likeness (QED) is 0.719. The lowest BCUT2D eigenvalue weighted by Crippen LogP contribution is -2.44. The van der Waals surface area contributed by atoms with E-state index in [0.717, 1.165) is 32.3 Å². The molecule has 84 valence electrons. The lowest BCUT2D eigenvalue weighted by molar-refractivity contribution is 0.0408. The molecule has 1 atom stereocenters. The maximum atomic E-state index is 5.36. The van der Waals surface area contributed by atoms with E-state index in [4.69, 9.17) is 4.74 Å². The predicted molar refractivity (Wildman–Crippen MR) is 59.6 cm³/mol. The molecule has 1 heterocycles. The summed E-state index contributed by atoms with van der Waals surface area (Å²) in [6.45, 7) is 8.47. The van der Waals surface area contributed by atoms with Gasteiger partial charge in [-0.2, -0.15) is 0 Å². The van der Waals surface area contributed by atoms with Gasteiger partial charge >= 0.3 is 0 Å². The Hall–Kier alpha value is -0.120. The van der Waals surface area contributed by atoms with Crippen molar-refractivity contribution < 1.29 is 4.74 Å². The molecule has 0 aromatic heterocycles. The molecule has 3 nitrogen and oxygen atoms in total. The zero-order chi connectivity index (χ0) is 10.4. The van der Waals surface area contributed by atoms with Gasteiger partial charge in [0.15, 0.2) is 0 Å². The van der Waals surface area contributed by atoms with E-state index < -0.39 is 0 Å². The van der Waals surface area contributed by atoms with Crippen LogP contribution in [-0.4, -0.2) is 50.3 Å². The lowest BCUT2D eigenvalue weighted by atomic mass is 10.1. The van der Waals surface area contributed by atoms with Gasteiger partial charge in [0.1, 0.15) is 0 Å². The minimum Gasteiger partial charge on any atom is -0.381 e. The monoisotopic (exact) mass is 200 g/mol. The van der Waals surface area contributed by atoms with Gasteiger partial charge in [-0.25, -0.2) is 0 Å². The normalized spacial score (nSPS) is 21.4. The van der Waals surface area contributed by atoms with Crippen molar-refractivity contribution in [3.8, 4) is 0 Å². The van der Waals surface area contributed by atoms with E-state index >= 15 is 0 Å². The molecule has 0 saturated carbocycles. The average Bonchev–Trinajstić information content (AvgIpc) is 2.19. The second kappa shape index (κ2) is 6.38. The first-order chi connectivity index (χ1) is 6.74. The molecule has 1 fully saturated rings. The average molecular weight is 200 g/mol. The van der Waals surface area contributed by atoms with Gasteiger partial charge in [-0.15, -0.1) is 0 Å². The largest absolute Gasteiger partial charge is 0.381 e. The summed E-state index contributed by atoms with van der Waals surface area (Å²) in [6, 6.07) is 1.32. The molecule has 0 aliphatic carbocycles. The van der Waals surface area contributed by atoms with E-state index in [9.17, 15) is 0 Å². The van der Waals surface area contributed by atoms with Gasteiger partial charge in [0.05, 0.1) is 0 Å². The van der Waals surface area contributed by atoms with Crippen molar-refractivity contribution >= 4 is 0 Å². The number of ether oxygens (including phenoxy) is 1. The zero-order valence-electron chi connectivity index (χ0n) is 9.75. The van der Waals surface area contributed by atoms with E-state index in [1.807, 2.05) is 0 Å². The second-order valence-corrected chi connectivity index (χ2v) is 4.24. The molecule has 3 heteroatoms. The van der Waals surface area contributed by atoms with Crippen molar-refractivity contribution in [2.75, 3.05) is 33.4 Å². The van der Waals surface area contributed by atoms with Gasteiger partial charge in [0.25, 0.3) is 0 Å². The van der Waals surface area contributed by atoms with Crippen LogP contribution in [0.25, 0.3) is 0 Å². The van der Waals surface area contributed by atoms with Crippen LogP contribution in [0, 0.1) is 0 Å². The molecule has 0 aromatic carbocycles. The van der Waals surface area contributed by atoms with Gasteiger partial charge in [-0.1, -0.05) is 6.92 Å². The molecule has 1 N–H and O–H groups in total. The summed E-state index contributed by atoms with van der Waals surface area (Å²) >= 11 is 0. The van der Waals surface area contributed by atoms with Crippen molar-refractivity contribution in [3.63, 3.8) is 0 Å². The number of rotatable bonds is 5. The van der Waals surface area contributed by atoms with Crippen LogP contribution in [0.2, 0.25) is 0 Å². The van der Waals surface area contributed by atoms with Crippen LogP contribution >= 0.6 is 0 Å². The van der Waals surface area contributed by atoms with Gasteiger partial charge in [-0.05, 0) is 33.4 Å². The highest BCUT2D eigenvalue weighted by Gasteiger charge is 2.19. The fourth-order valence-electron chi connectivity index (χ4n) is 2.12. The topological polar surface area (TPSA) is 24.5 Å². The Morgan fingerprint density at radius 2 is 2.07 bits per heavy atom. The molecular formula is C11H24N2O. The number of hydrogen-bond acceptors (Lipinski definition) is 3. The summed E-state index contributed by atoms with van der Waals surface area (Å²) in [5.74, 6) is 0. The van der Waals surface area contributed by atoms with Crippen LogP contribution in [0.5, 0.6) is 0 Å². The van der Waals surface area contributed by atoms with Crippen molar-refractivity contribution in [2.24, 2.45) is 0 Å². The zero-order valence-corrected chi connectivity index (χ0v) is 9.75. The maximum Gasteiger partial charge on any atom is 0.0480 e. The van der Waals surface area contributed by atoms with Crippen molar-refractivity contribution in [1.29, 1.82) is 0 Å². The molecule has 0 radical (unpaired) electrons. The Bertz CT molecular complexity index is 146. The van der Waals surface area contributed by atoms with Crippen LogP contribution < -0.4 is 5.32 Å². The first kappa shape index (κ1) is 12.0. The highest BCUT2D eigenvalue weighted by molar-refractivity contribution is 4.75. The summed E-state index contributed by atoms with van der Waals surface area (Å²) in [6.07, 6.45) is 2.38. The van der Waals surface area contributed by atoms with Crippen LogP contribution in [0.3, 0.4) is 0 Å². The molecule has 0 bridgehead atoms. The fourth-order valence-corrected chi connectivity index (χ4v) is 2.12. The van der Waals surface area contributed by atoms with Gasteiger partial charge in [-0.3, -0.25) is 0 Å². The van der Waals surface area contributed by atoms with Crippen molar-refractivity contribution in [2.45, 2.75) is 38.8 Å². The molecule has 1 rings (SSSR count). The number of nitrogens with one attached hydrogen (secondary N) is 1. The van der Waals surface area contributed by atoms with E-state index in [0.29, 0.717) is 6.04 Å². The highest BCUT2D eigenvalue weighted by atomic mass is 16.5. The van der Waals surface area contributed by atoms with E-state index in [1.54, 1.807) is 0 Å². The molecule has 1 aliphatic heterocycles. The van der Waals surface area contributed by atoms with Crippen molar-refractivity contribution in [3.05, 3.63) is 0 Å². The van der Waals surface area contributed by atoms with E-state index in [-0.39, 0.29) is 0 Å².